The molecule has 0 fully saturated rings. The quantitative estimate of drug-likeness (QED) is 0.252. The van der Waals surface area contributed by atoms with Crippen molar-refractivity contribution < 1.29 is 43.2 Å². The van der Waals surface area contributed by atoms with Gasteiger partial charge >= 0.3 is 17.9 Å². The average Bonchev–Trinajstić information content (AvgIpc) is 2.83. The van der Waals surface area contributed by atoms with Crippen LogP contribution in [-0.2, 0) is 19.1 Å². The van der Waals surface area contributed by atoms with Crippen molar-refractivity contribution in [3.8, 4) is 11.5 Å². The van der Waals surface area contributed by atoms with Gasteiger partial charge in [0.05, 0.1) is 6.61 Å². The first-order valence-corrected chi connectivity index (χ1v) is 10.3. The Balaban J connectivity index is 2.21. The van der Waals surface area contributed by atoms with Crippen LogP contribution in [-0.4, -0.2) is 61.8 Å². The van der Waals surface area contributed by atoms with E-state index in [2.05, 4.69) is 0 Å². The van der Waals surface area contributed by atoms with Gasteiger partial charge < -0.3 is 29.8 Å². The second kappa shape index (κ2) is 13.4. The van der Waals surface area contributed by atoms with Gasteiger partial charge in [-0.05, 0) is 42.8 Å². The van der Waals surface area contributed by atoms with Crippen LogP contribution < -0.4 is 15.2 Å². The van der Waals surface area contributed by atoms with Gasteiger partial charge in [0.15, 0.2) is 19.0 Å². The van der Waals surface area contributed by atoms with E-state index in [0.29, 0.717) is 30.0 Å². The molecule has 0 bridgehead atoms. The van der Waals surface area contributed by atoms with Crippen molar-refractivity contribution in [2.45, 2.75) is 6.92 Å². The number of hydrogen-bond acceptors (Lipinski definition) is 9. The molecule has 0 saturated heterocycles. The maximum absolute atomic E-state index is 12.5. The minimum absolute atomic E-state index is 0.0514. The zero-order valence-corrected chi connectivity index (χ0v) is 18.5. The van der Waals surface area contributed by atoms with Crippen LogP contribution in [0.1, 0.15) is 33.2 Å². The van der Waals surface area contributed by atoms with E-state index in [9.17, 15) is 19.2 Å². The lowest BCUT2D eigenvalue weighted by molar-refractivity contribution is -0.146. The number of ketones is 1. The second-order valence-electron chi connectivity index (χ2n) is 6.68. The fraction of sp³-hybridized carbons (Fsp3) is 0.250. The smallest absolute Gasteiger partial charge is 0.344 e. The molecule has 10 heteroatoms. The van der Waals surface area contributed by atoms with Gasteiger partial charge in [0, 0.05) is 12.1 Å². The third-order valence-corrected chi connectivity index (χ3v) is 4.13. The van der Waals surface area contributed by atoms with Crippen LogP contribution in [0.4, 0.5) is 0 Å². The lowest BCUT2D eigenvalue weighted by Gasteiger charge is -2.11. The van der Waals surface area contributed by atoms with E-state index in [-0.39, 0.29) is 23.7 Å². The third kappa shape index (κ3) is 8.40. The lowest BCUT2D eigenvalue weighted by atomic mass is 10.1. The topological polar surface area (TPSA) is 151 Å². The van der Waals surface area contributed by atoms with Gasteiger partial charge in [-0.25, -0.2) is 14.4 Å². The number of ether oxygens (including phenoxy) is 4. The molecule has 0 aromatic heterocycles. The molecule has 0 radical (unpaired) electrons. The molecule has 2 aromatic carbocycles. The molecule has 2 aromatic rings. The van der Waals surface area contributed by atoms with Crippen LogP contribution in [0, 0.1) is 0 Å². The van der Waals surface area contributed by atoms with Crippen LogP contribution >= 0.6 is 0 Å². The number of carboxylic acids is 1. The van der Waals surface area contributed by atoms with Gasteiger partial charge in [0.25, 0.3) is 0 Å². The van der Waals surface area contributed by atoms with Gasteiger partial charge in [-0.3, -0.25) is 4.79 Å². The summed E-state index contributed by atoms with van der Waals surface area (Å²) in [5.41, 5.74) is 6.13. The van der Waals surface area contributed by atoms with Crippen molar-refractivity contribution in [1.29, 1.82) is 0 Å². The summed E-state index contributed by atoms with van der Waals surface area (Å²) in [6.07, 6.45) is 2.78. The van der Waals surface area contributed by atoms with Crippen molar-refractivity contribution in [3.63, 3.8) is 0 Å². The molecule has 0 atom stereocenters. The summed E-state index contributed by atoms with van der Waals surface area (Å²) in [4.78, 5) is 47.3. The summed E-state index contributed by atoms with van der Waals surface area (Å²) >= 11 is 0. The van der Waals surface area contributed by atoms with Crippen LogP contribution in [0.25, 0.3) is 6.08 Å². The Hall–Kier alpha value is -4.18. The van der Waals surface area contributed by atoms with Crippen LogP contribution in [0.5, 0.6) is 11.5 Å². The molecular formula is C24H25NO9. The highest BCUT2D eigenvalue weighted by molar-refractivity contribution is 6.07. The summed E-state index contributed by atoms with van der Waals surface area (Å²) in [6, 6.07) is 10.9. The Morgan fingerprint density at radius 3 is 2.50 bits per heavy atom. The zero-order chi connectivity index (χ0) is 24.9. The monoisotopic (exact) mass is 471 g/mol. The minimum atomic E-state index is -1.24. The van der Waals surface area contributed by atoms with Gasteiger partial charge in [0.2, 0.25) is 0 Å². The zero-order valence-electron chi connectivity index (χ0n) is 18.5. The molecule has 0 aliphatic carbocycles. The molecule has 34 heavy (non-hydrogen) atoms. The third-order valence-electron chi connectivity index (χ3n) is 4.13. The standard InChI is InChI=1S/C24H25NO9/c1-2-31-23(29)15-34-24(30)19-12-16(7-9-21(19)33-14-22(27)28)6-8-20(26)17-4-3-5-18(13-17)32-11-10-25/h3-9,12-13H,2,10-11,14-15,25H2,1H3,(H,27,28). The van der Waals surface area contributed by atoms with Crippen molar-refractivity contribution in [2.75, 3.05) is 33.0 Å². The predicted molar refractivity (Wildman–Crippen MR) is 121 cm³/mol. The maximum atomic E-state index is 12.5. The maximum Gasteiger partial charge on any atom is 0.344 e. The number of rotatable bonds is 13. The van der Waals surface area contributed by atoms with Gasteiger partial charge in [-0.2, -0.15) is 0 Å². The van der Waals surface area contributed by atoms with E-state index in [0.717, 1.165) is 0 Å². The van der Waals surface area contributed by atoms with Crippen LogP contribution in [0.2, 0.25) is 0 Å². The van der Waals surface area contributed by atoms with E-state index in [1.165, 1.54) is 30.4 Å². The number of allylic oxidation sites excluding steroid dienone is 1. The van der Waals surface area contributed by atoms with Gasteiger partial charge in [0.1, 0.15) is 23.7 Å². The number of benzene rings is 2. The summed E-state index contributed by atoms with van der Waals surface area (Å²) < 4.78 is 20.2. The number of aliphatic carboxylic acids is 1. The number of nitrogens with two attached hydrogens (primary N) is 1. The fourth-order valence-corrected chi connectivity index (χ4v) is 2.67. The molecule has 0 saturated carbocycles. The molecule has 0 spiro atoms. The van der Waals surface area contributed by atoms with Crippen molar-refractivity contribution in [1.82, 2.24) is 0 Å². The number of carboxylic acid groups (broad SMARTS) is 1. The van der Waals surface area contributed by atoms with E-state index >= 15 is 0 Å². The molecule has 180 valence electrons. The number of carbonyl (C=O) groups excluding carboxylic acids is 3. The first-order valence-electron chi connectivity index (χ1n) is 10.3. The fourth-order valence-electron chi connectivity index (χ4n) is 2.67. The van der Waals surface area contributed by atoms with Crippen molar-refractivity contribution >= 4 is 29.8 Å². The van der Waals surface area contributed by atoms with Crippen molar-refractivity contribution in [2.24, 2.45) is 5.73 Å². The minimum Gasteiger partial charge on any atom is -0.492 e. The molecule has 10 nitrogen and oxygen atoms in total. The van der Waals surface area contributed by atoms with E-state index in [1.807, 2.05) is 0 Å². The Morgan fingerprint density at radius 2 is 1.79 bits per heavy atom. The number of carbonyl (C=O) groups is 4. The molecule has 0 amide bonds. The molecule has 2 rings (SSSR count). The van der Waals surface area contributed by atoms with Gasteiger partial charge in [-0.1, -0.05) is 24.3 Å². The van der Waals surface area contributed by atoms with Gasteiger partial charge in [-0.15, -0.1) is 0 Å². The Bertz CT molecular complexity index is 1060. The number of esters is 2. The molecule has 0 heterocycles. The number of hydrogen-bond donors (Lipinski definition) is 2. The Labute approximate surface area is 195 Å². The van der Waals surface area contributed by atoms with Crippen LogP contribution in [0.15, 0.2) is 48.5 Å². The highest BCUT2D eigenvalue weighted by Crippen LogP contribution is 2.23. The molecule has 3 N–H and O–H groups in total. The molecule has 0 aliphatic rings. The first-order chi connectivity index (χ1) is 16.3. The van der Waals surface area contributed by atoms with E-state index in [1.54, 1.807) is 31.2 Å². The normalized spacial score (nSPS) is 10.5. The van der Waals surface area contributed by atoms with Crippen molar-refractivity contribution in [3.05, 3.63) is 65.2 Å². The summed E-state index contributed by atoms with van der Waals surface area (Å²) in [5.74, 6) is -2.74. The van der Waals surface area contributed by atoms with Crippen LogP contribution in [0.3, 0.4) is 0 Å². The van der Waals surface area contributed by atoms with E-state index in [4.69, 9.17) is 29.8 Å². The summed E-state index contributed by atoms with van der Waals surface area (Å²) in [7, 11) is 0. The first kappa shape index (κ1) is 26.1. The van der Waals surface area contributed by atoms with E-state index < -0.39 is 31.1 Å². The predicted octanol–water partition coefficient (Wildman–Crippen LogP) is 2.10. The highest BCUT2D eigenvalue weighted by atomic mass is 16.6. The molecule has 0 aliphatic heterocycles. The average molecular weight is 471 g/mol. The molecular weight excluding hydrogens is 446 g/mol. The Morgan fingerprint density at radius 1 is 1.00 bits per heavy atom. The summed E-state index contributed by atoms with van der Waals surface area (Å²) in [5, 5.41) is 8.85. The SMILES string of the molecule is CCOC(=O)COC(=O)c1cc(C=CC(=O)c2cccc(OCCN)c2)ccc1OCC(=O)O. The Kier molecular flexibility index (Phi) is 10.3. The summed E-state index contributed by atoms with van der Waals surface area (Å²) in [6.45, 7) is 1.09. The largest absolute Gasteiger partial charge is 0.492 e. The molecule has 0 unspecified atom stereocenters. The highest BCUT2D eigenvalue weighted by Gasteiger charge is 2.18. The lowest BCUT2D eigenvalue weighted by Crippen LogP contribution is -2.18. The second-order valence-corrected chi connectivity index (χ2v) is 6.68.